The number of carbonyl (C=O) groups is 1. The number of sulfonamides is 1. The molecule has 0 aromatic heterocycles. The number of fused-ring (bicyclic) bond motifs is 1. The number of carbonyl (C=O) groups excluding carboxylic acids is 1. The highest BCUT2D eigenvalue weighted by Crippen LogP contribution is 2.31. The number of benzene rings is 2. The molecule has 0 unspecified atom stereocenters. The van der Waals surface area contributed by atoms with Crippen LogP contribution in [0, 0.1) is 11.3 Å². The molecule has 0 saturated carbocycles. The Morgan fingerprint density at radius 1 is 1.24 bits per heavy atom. The second-order valence-electron chi connectivity index (χ2n) is 7.24. The minimum atomic E-state index is -3.72. The maximum absolute atomic E-state index is 13.1. The highest BCUT2D eigenvalue weighted by Gasteiger charge is 2.40. The van der Waals surface area contributed by atoms with Crippen LogP contribution >= 0.6 is 0 Å². The Morgan fingerprint density at radius 3 is 2.69 bits per heavy atom. The summed E-state index contributed by atoms with van der Waals surface area (Å²) in [6.07, 6.45) is 1.44. The molecule has 1 saturated heterocycles. The molecule has 0 spiro atoms. The Balaban J connectivity index is 1.55. The van der Waals surface area contributed by atoms with Gasteiger partial charge in [0.05, 0.1) is 11.6 Å². The van der Waals surface area contributed by atoms with E-state index in [1.54, 1.807) is 48.3 Å². The normalized spacial score (nSPS) is 19.4. The zero-order chi connectivity index (χ0) is 20.6. The number of hydrogen-bond acceptors (Lipinski definition) is 5. The number of amides is 1. The first-order valence-corrected chi connectivity index (χ1v) is 10.8. The van der Waals surface area contributed by atoms with E-state index in [1.165, 1.54) is 0 Å². The number of nitriles is 1. The standard InChI is InChI=1S/C21H20N4O3S/c1-24(14-16-10-8-15(13-22)9-11-16)21(26)18-6-4-12-25(18)20-17-5-2-3-7-19(17)29(27,28)23-20/h2-3,5,7-11,18H,4,6,12,14H2,1H3/t18-/m0/s1. The van der Waals surface area contributed by atoms with E-state index in [4.69, 9.17) is 5.26 Å². The van der Waals surface area contributed by atoms with Crippen molar-refractivity contribution in [3.8, 4) is 6.07 Å². The van der Waals surface area contributed by atoms with Gasteiger partial charge in [-0.05, 0) is 42.7 Å². The summed E-state index contributed by atoms with van der Waals surface area (Å²) in [6, 6.07) is 15.5. The Kier molecular flexibility index (Phi) is 4.84. The molecular weight excluding hydrogens is 388 g/mol. The smallest absolute Gasteiger partial charge is 0.285 e. The van der Waals surface area contributed by atoms with Crippen molar-refractivity contribution < 1.29 is 13.2 Å². The van der Waals surface area contributed by atoms with Crippen LogP contribution in [0.2, 0.25) is 0 Å². The van der Waals surface area contributed by atoms with Gasteiger partial charge < -0.3 is 9.80 Å². The van der Waals surface area contributed by atoms with Crippen molar-refractivity contribution in [2.45, 2.75) is 30.3 Å². The molecule has 2 heterocycles. The quantitative estimate of drug-likeness (QED) is 0.776. The fraction of sp³-hybridized carbons (Fsp3) is 0.286. The summed E-state index contributed by atoms with van der Waals surface area (Å²) in [5.41, 5.74) is 2.06. The molecule has 1 amide bonds. The summed E-state index contributed by atoms with van der Waals surface area (Å²) in [5.74, 6) is 0.291. The van der Waals surface area contributed by atoms with Crippen molar-refractivity contribution in [3.63, 3.8) is 0 Å². The first kappa shape index (κ1) is 19.2. The van der Waals surface area contributed by atoms with Gasteiger partial charge in [0.1, 0.15) is 10.9 Å². The van der Waals surface area contributed by atoms with Gasteiger partial charge in [0, 0.05) is 25.7 Å². The lowest BCUT2D eigenvalue weighted by Crippen LogP contribution is -2.46. The topological polar surface area (TPSA) is 93.8 Å². The van der Waals surface area contributed by atoms with Crippen molar-refractivity contribution in [2.75, 3.05) is 13.6 Å². The molecule has 1 fully saturated rings. The molecule has 1 atom stereocenters. The van der Waals surface area contributed by atoms with Crippen LogP contribution in [0.5, 0.6) is 0 Å². The van der Waals surface area contributed by atoms with Crippen LogP contribution in [0.15, 0.2) is 57.8 Å². The van der Waals surface area contributed by atoms with Crippen LogP contribution in [0.1, 0.15) is 29.5 Å². The Bertz CT molecular complexity index is 1130. The third-order valence-corrected chi connectivity index (χ3v) is 6.63. The number of nitrogens with zero attached hydrogens (tertiary/aromatic N) is 4. The zero-order valence-corrected chi connectivity index (χ0v) is 16.8. The average Bonchev–Trinajstić information content (AvgIpc) is 3.31. The molecule has 8 heteroatoms. The SMILES string of the molecule is CN(Cc1ccc(C#N)cc1)C(=O)[C@@H]1CCCN1C1=NS(=O)(=O)c2ccccc21. The van der Waals surface area contributed by atoms with Crippen LogP contribution in [0.3, 0.4) is 0 Å². The van der Waals surface area contributed by atoms with Gasteiger partial charge in [-0.25, -0.2) is 0 Å². The molecule has 29 heavy (non-hydrogen) atoms. The van der Waals surface area contributed by atoms with Crippen molar-refractivity contribution in [1.29, 1.82) is 5.26 Å². The first-order chi connectivity index (χ1) is 13.9. The van der Waals surface area contributed by atoms with E-state index >= 15 is 0 Å². The second-order valence-corrected chi connectivity index (χ2v) is 8.81. The van der Waals surface area contributed by atoms with Gasteiger partial charge in [0.2, 0.25) is 5.91 Å². The molecule has 0 bridgehead atoms. The summed E-state index contributed by atoms with van der Waals surface area (Å²) < 4.78 is 28.8. The van der Waals surface area contributed by atoms with Crippen molar-refractivity contribution >= 4 is 21.8 Å². The van der Waals surface area contributed by atoms with Crippen LogP contribution < -0.4 is 0 Å². The van der Waals surface area contributed by atoms with E-state index in [0.717, 1.165) is 12.0 Å². The van der Waals surface area contributed by atoms with Crippen molar-refractivity contribution in [3.05, 3.63) is 65.2 Å². The van der Waals surface area contributed by atoms with Crippen LogP contribution in [-0.4, -0.2) is 49.6 Å². The lowest BCUT2D eigenvalue weighted by molar-refractivity contribution is -0.134. The van der Waals surface area contributed by atoms with E-state index in [1.807, 2.05) is 17.0 Å². The van der Waals surface area contributed by atoms with Gasteiger partial charge >= 0.3 is 0 Å². The van der Waals surface area contributed by atoms with Crippen LogP contribution in [0.4, 0.5) is 0 Å². The van der Waals surface area contributed by atoms with E-state index in [9.17, 15) is 13.2 Å². The van der Waals surface area contributed by atoms with Crippen LogP contribution in [-0.2, 0) is 21.4 Å². The Labute approximate surface area is 169 Å². The monoisotopic (exact) mass is 408 g/mol. The number of hydrogen-bond donors (Lipinski definition) is 0. The largest absolute Gasteiger partial charge is 0.343 e. The summed E-state index contributed by atoms with van der Waals surface area (Å²) >= 11 is 0. The average molecular weight is 408 g/mol. The number of amidine groups is 1. The molecule has 0 aliphatic carbocycles. The van der Waals surface area contributed by atoms with E-state index in [2.05, 4.69) is 10.5 Å². The third kappa shape index (κ3) is 3.49. The molecule has 148 valence electrons. The predicted octanol–water partition coefficient (Wildman–Crippen LogP) is 2.13. The molecule has 4 rings (SSSR count). The Hall–Kier alpha value is -3.18. The number of rotatable bonds is 3. The van der Waals surface area contributed by atoms with Gasteiger partial charge in [-0.15, -0.1) is 4.40 Å². The van der Waals surface area contributed by atoms with E-state index in [0.29, 0.717) is 36.5 Å². The van der Waals surface area contributed by atoms with Gasteiger partial charge in [-0.3, -0.25) is 4.79 Å². The second kappa shape index (κ2) is 7.33. The minimum absolute atomic E-state index is 0.0728. The maximum Gasteiger partial charge on any atom is 0.285 e. The van der Waals surface area contributed by atoms with Gasteiger partial charge in [-0.2, -0.15) is 13.7 Å². The number of likely N-dealkylation sites (N-methyl/N-ethyl adjacent to an activating group) is 1. The van der Waals surface area contributed by atoms with Crippen molar-refractivity contribution in [1.82, 2.24) is 9.80 Å². The van der Waals surface area contributed by atoms with E-state index < -0.39 is 16.1 Å². The third-order valence-electron chi connectivity index (χ3n) is 5.30. The molecule has 7 nitrogen and oxygen atoms in total. The maximum atomic E-state index is 13.1. The fourth-order valence-electron chi connectivity index (χ4n) is 3.86. The summed E-state index contributed by atoms with van der Waals surface area (Å²) in [4.78, 5) is 16.8. The molecule has 2 aliphatic heterocycles. The molecular formula is C21H20N4O3S. The van der Waals surface area contributed by atoms with Gasteiger partial charge in [-0.1, -0.05) is 24.3 Å². The highest BCUT2D eigenvalue weighted by molar-refractivity contribution is 7.90. The van der Waals surface area contributed by atoms with Gasteiger partial charge in [0.25, 0.3) is 10.0 Å². The lowest BCUT2D eigenvalue weighted by atomic mass is 10.1. The summed E-state index contributed by atoms with van der Waals surface area (Å²) in [5, 5.41) is 8.91. The van der Waals surface area contributed by atoms with Gasteiger partial charge in [0.15, 0.2) is 5.84 Å². The van der Waals surface area contributed by atoms with E-state index in [-0.39, 0.29) is 10.8 Å². The Morgan fingerprint density at radius 2 is 1.97 bits per heavy atom. The molecule has 2 aromatic rings. The molecule has 2 aliphatic rings. The molecule has 0 N–H and O–H groups in total. The number of likely N-dealkylation sites (tertiary alicyclic amines) is 1. The fourth-order valence-corrected chi connectivity index (χ4v) is 5.08. The van der Waals surface area contributed by atoms with Crippen molar-refractivity contribution in [2.24, 2.45) is 4.40 Å². The zero-order valence-electron chi connectivity index (χ0n) is 15.9. The highest BCUT2D eigenvalue weighted by atomic mass is 32.2. The summed E-state index contributed by atoms with van der Waals surface area (Å²) in [7, 11) is -1.99. The summed E-state index contributed by atoms with van der Waals surface area (Å²) in [6.45, 7) is 1.00. The lowest BCUT2D eigenvalue weighted by Gasteiger charge is -2.29. The predicted molar refractivity (Wildman–Crippen MR) is 108 cm³/mol. The van der Waals surface area contributed by atoms with Crippen LogP contribution in [0.25, 0.3) is 0 Å². The first-order valence-electron chi connectivity index (χ1n) is 9.36. The molecule has 0 radical (unpaired) electrons. The minimum Gasteiger partial charge on any atom is -0.343 e. The molecule has 2 aromatic carbocycles.